The minimum Gasteiger partial charge on any atom is -0.473 e. The number of sulfonamides is 1. The quantitative estimate of drug-likeness (QED) is 0.337. The molecule has 0 spiro atoms. The zero-order valence-corrected chi connectivity index (χ0v) is 22.3. The molecule has 0 bridgehead atoms. The summed E-state index contributed by atoms with van der Waals surface area (Å²) in [6, 6.07) is 11.7. The Morgan fingerprint density at radius 2 is 1.91 bits per heavy atom. The number of anilines is 1. The molecule has 34 heavy (non-hydrogen) atoms. The first-order valence-electron chi connectivity index (χ1n) is 11.4. The molecule has 0 radical (unpaired) electrons. The smallest absolute Gasteiger partial charge is 0.264 e. The van der Waals surface area contributed by atoms with Crippen molar-refractivity contribution in [2.45, 2.75) is 50.3 Å². The Hall–Kier alpha value is -2.40. The average Bonchev–Trinajstić information content (AvgIpc) is 3.07. The molecule has 2 aromatic heterocycles. The summed E-state index contributed by atoms with van der Waals surface area (Å²) in [4.78, 5) is 4.93. The maximum absolute atomic E-state index is 13.6. The number of hydrogen-bond donors (Lipinski definition) is 0. The fourth-order valence-electron chi connectivity index (χ4n) is 3.73. The highest BCUT2D eigenvalue weighted by Gasteiger charge is 2.34. The van der Waals surface area contributed by atoms with Crippen LogP contribution in [-0.2, 0) is 26.2 Å². The van der Waals surface area contributed by atoms with Crippen molar-refractivity contribution in [3.05, 3.63) is 48.2 Å². The highest BCUT2D eigenvalue weighted by Crippen LogP contribution is 2.36. The fraction of sp³-hybridized carbons (Fsp3) is 0.458. The summed E-state index contributed by atoms with van der Waals surface area (Å²) in [6.07, 6.45) is 1.48. The summed E-state index contributed by atoms with van der Waals surface area (Å²) < 4.78 is 47.9. The Morgan fingerprint density at radius 3 is 2.59 bits per heavy atom. The summed E-state index contributed by atoms with van der Waals surface area (Å²) in [7, 11) is -3.46. The molecule has 8 nitrogen and oxygen atoms in total. The van der Waals surface area contributed by atoms with Gasteiger partial charge in [0.2, 0.25) is 5.88 Å². The molecule has 0 aliphatic carbocycles. The van der Waals surface area contributed by atoms with E-state index in [1.165, 1.54) is 4.31 Å². The van der Waals surface area contributed by atoms with Gasteiger partial charge in [0.25, 0.3) is 10.0 Å². The number of fused-ring (bicyclic) bond motifs is 2. The second-order valence-corrected chi connectivity index (χ2v) is 17.4. The third-order valence-corrected chi connectivity index (χ3v) is 9.39. The minimum atomic E-state index is -3.85. The van der Waals surface area contributed by atoms with Gasteiger partial charge in [-0.2, -0.15) is 4.98 Å². The largest absolute Gasteiger partial charge is 0.473 e. The molecule has 1 aliphatic heterocycles. The van der Waals surface area contributed by atoms with Gasteiger partial charge in [0, 0.05) is 33.4 Å². The van der Waals surface area contributed by atoms with Crippen LogP contribution in [0.25, 0.3) is 11.0 Å². The minimum absolute atomic E-state index is 0.132. The van der Waals surface area contributed by atoms with Crippen molar-refractivity contribution in [2.24, 2.45) is 0 Å². The number of hydrogen-bond acceptors (Lipinski definition) is 6. The molecule has 184 valence electrons. The number of nitrogens with zero attached hydrogens (tertiary/aromatic N) is 3. The number of aromatic nitrogens is 2. The Bertz CT molecular complexity index is 1250. The van der Waals surface area contributed by atoms with Crippen LogP contribution in [0, 0.1) is 6.92 Å². The zero-order valence-electron chi connectivity index (χ0n) is 20.4. The van der Waals surface area contributed by atoms with E-state index in [9.17, 15) is 8.42 Å². The summed E-state index contributed by atoms with van der Waals surface area (Å²) in [5.41, 5.74) is 2.09. The van der Waals surface area contributed by atoms with Crippen LogP contribution in [0.2, 0.25) is 25.7 Å². The van der Waals surface area contributed by atoms with Gasteiger partial charge in [-0.1, -0.05) is 37.3 Å². The van der Waals surface area contributed by atoms with E-state index in [2.05, 4.69) is 19.6 Å². The van der Waals surface area contributed by atoms with Crippen LogP contribution in [0.5, 0.6) is 5.88 Å². The van der Waals surface area contributed by atoms with Crippen molar-refractivity contribution >= 4 is 34.8 Å². The first-order chi connectivity index (χ1) is 16.1. The van der Waals surface area contributed by atoms with E-state index >= 15 is 0 Å². The van der Waals surface area contributed by atoms with Crippen molar-refractivity contribution < 1.29 is 22.6 Å². The monoisotopic (exact) mass is 503 g/mol. The molecule has 0 saturated carbocycles. The predicted octanol–water partition coefficient (Wildman–Crippen LogP) is 4.26. The fourth-order valence-corrected chi connectivity index (χ4v) is 5.97. The van der Waals surface area contributed by atoms with Crippen molar-refractivity contribution in [1.82, 2.24) is 9.55 Å². The van der Waals surface area contributed by atoms with E-state index in [1.807, 2.05) is 29.8 Å². The van der Waals surface area contributed by atoms with Crippen molar-refractivity contribution in [3.8, 4) is 5.88 Å². The topological polar surface area (TPSA) is 82.9 Å². The molecule has 0 amide bonds. The van der Waals surface area contributed by atoms with Crippen LogP contribution in [-0.4, -0.2) is 59.0 Å². The molecular formula is C24H33N3O5SSi. The van der Waals surface area contributed by atoms with Gasteiger partial charge in [0.1, 0.15) is 30.8 Å². The van der Waals surface area contributed by atoms with Gasteiger partial charge in [0.15, 0.2) is 0 Å². The molecule has 1 unspecified atom stereocenters. The normalized spacial score (nSPS) is 16.9. The molecule has 0 fully saturated rings. The Morgan fingerprint density at radius 1 is 1.18 bits per heavy atom. The number of ether oxygens (including phenoxy) is 3. The van der Waals surface area contributed by atoms with Crippen LogP contribution >= 0.6 is 0 Å². The van der Waals surface area contributed by atoms with E-state index in [-0.39, 0.29) is 23.9 Å². The summed E-state index contributed by atoms with van der Waals surface area (Å²) in [5, 5.41) is 0.816. The SMILES string of the molecule is COC1COc2nc3c(ccn3COCC[Si](C)(C)C)cc2N(S(=O)(=O)c2ccc(C)cc2)C1. The molecule has 1 aliphatic rings. The number of rotatable bonds is 8. The highest BCUT2D eigenvalue weighted by molar-refractivity contribution is 7.92. The highest BCUT2D eigenvalue weighted by atomic mass is 32.2. The number of aryl methyl sites for hydroxylation is 1. The lowest BCUT2D eigenvalue weighted by Gasteiger charge is -2.25. The summed E-state index contributed by atoms with van der Waals surface area (Å²) in [5.74, 6) is 0.268. The van der Waals surface area contributed by atoms with E-state index in [4.69, 9.17) is 19.2 Å². The second-order valence-electron chi connectivity index (χ2n) is 9.88. The molecule has 3 heterocycles. The van der Waals surface area contributed by atoms with E-state index < -0.39 is 24.2 Å². The van der Waals surface area contributed by atoms with Crippen LogP contribution in [0.3, 0.4) is 0 Å². The van der Waals surface area contributed by atoms with Crippen LogP contribution in [0.15, 0.2) is 47.5 Å². The van der Waals surface area contributed by atoms with Gasteiger partial charge in [0.05, 0.1) is 11.4 Å². The van der Waals surface area contributed by atoms with Crippen molar-refractivity contribution in [3.63, 3.8) is 0 Å². The predicted molar refractivity (Wildman–Crippen MR) is 136 cm³/mol. The van der Waals surface area contributed by atoms with Gasteiger partial charge >= 0.3 is 0 Å². The van der Waals surface area contributed by atoms with Gasteiger partial charge < -0.3 is 18.8 Å². The lowest BCUT2D eigenvalue weighted by Crippen LogP contribution is -2.38. The molecule has 1 aromatic carbocycles. The summed E-state index contributed by atoms with van der Waals surface area (Å²) in [6.45, 7) is 10.3. The van der Waals surface area contributed by atoms with E-state index in [0.29, 0.717) is 24.7 Å². The molecule has 0 N–H and O–H groups in total. The molecule has 1 atom stereocenters. The summed E-state index contributed by atoms with van der Waals surface area (Å²) >= 11 is 0. The molecule has 3 aromatic rings. The lowest BCUT2D eigenvalue weighted by molar-refractivity contribution is 0.0678. The second kappa shape index (κ2) is 9.69. The molecule has 0 saturated heterocycles. The van der Waals surface area contributed by atoms with Crippen LogP contribution in [0.1, 0.15) is 5.56 Å². The number of benzene rings is 1. The first kappa shape index (κ1) is 24.7. The Balaban J connectivity index is 1.69. The van der Waals surface area contributed by atoms with E-state index in [1.54, 1.807) is 31.4 Å². The zero-order chi connectivity index (χ0) is 24.5. The van der Waals surface area contributed by atoms with Gasteiger partial charge in [-0.3, -0.25) is 4.31 Å². The molecule has 4 rings (SSSR count). The van der Waals surface area contributed by atoms with Gasteiger partial charge in [-0.05, 0) is 37.2 Å². The van der Waals surface area contributed by atoms with Crippen LogP contribution in [0.4, 0.5) is 5.69 Å². The Labute approximate surface area is 202 Å². The maximum atomic E-state index is 13.6. The Kier molecular flexibility index (Phi) is 7.04. The lowest BCUT2D eigenvalue weighted by atomic mass is 10.2. The third kappa shape index (κ3) is 5.30. The molecule has 10 heteroatoms. The standard InChI is InChI=1S/C24H33N3O5SSi/c1-18-6-8-21(9-7-18)33(28,29)27-15-20(30-2)16-32-24-22(27)14-19-10-11-26(23(19)25-24)17-31-12-13-34(3,4)5/h6-11,14,20H,12-13,15-17H2,1-5H3. The maximum Gasteiger partial charge on any atom is 0.264 e. The average molecular weight is 504 g/mol. The van der Waals surface area contributed by atoms with Gasteiger partial charge in [-0.15, -0.1) is 0 Å². The van der Waals surface area contributed by atoms with Crippen molar-refractivity contribution in [1.29, 1.82) is 0 Å². The van der Waals surface area contributed by atoms with E-state index in [0.717, 1.165) is 17.0 Å². The van der Waals surface area contributed by atoms with Gasteiger partial charge in [-0.25, -0.2) is 8.42 Å². The molecular weight excluding hydrogens is 470 g/mol. The number of pyridine rings is 1. The van der Waals surface area contributed by atoms with Crippen molar-refractivity contribution in [2.75, 3.05) is 31.2 Å². The number of methoxy groups -OCH3 is 1. The first-order valence-corrected chi connectivity index (χ1v) is 16.6. The third-order valence-electron chi connectivity index (χ3n) is 5.90. The van der Waals surface area contributed by atoms with Crippen LogP contribution < -0.4 is 9.04 Å².